The number of imidazole rings is 1. The van der Waals surface area contributed by atoms with Crippen LogP contribution in [0.5, 0.6) is 0 Å². The summed E-state index contributed by atoms with van der Waals surface area (Å²) < 4.78 is 0. The fraction of sp³-hybridized carbons (Fsp3) is 0.143. The molecule has 6 rings (SSSR count). The maximum Gasteiger partial charge on any atom is 0.254 e. The van der Waals surface area contributed by atoms with Gasteiger partial charge in [-0.3, -0.25) is 9.59 Å². The molecule has 0 saturated heterocycles. The highest BCUT2D eigenvalue weighted by Gasteiger charge is 2.27. The number of fused-ring (bicyclic) bond motifs is 1. The molecule has 0 fully saturated rings. The number of carbonyl (C=O) groups excluding carboxylic acids is 2. The van der Waals surface area contributed by atoms with Gasteiger partial charge in [0.25, 0.3) is 5.91 Å². The average molecular weight is 601 g/mol. The number of aromatic nitrogens is 3. The van der Waals surface area contributed by atoms with E-state index in [1.807, 2.05) is 114 Å². The van der Waals surface area contributed by atoms with Crippen LogP contribution in [0.2, 0.25) is 0 Å². The minimum Gasteiger partial charge on any atom is -0.375 e. The Morgan fingerprint density at radius 3 is 2.20 bits per heavy atom. The van der Waals surface area contributed by atoms with Crippen LogP contribution in [0.1, 0.15) is 40.3 Å². The molecule has 9 heteroatoms. The molecule has 2 aromatic heterocycles. The van der Waals surface area contributed by atoms with Gasteiger partial charge in [0.1, 0.15) is 12.4 Å². The molecule has 3 N–H and O–H groups in total. The number of aromatic amines is 1. The number of H-pyrrole nitrogens is 1. The smallest absolute Gasteiger partial charge is 0.254 e. The molecule has 8 nitrogen and oxygen atoms in total. The number of nitrogens with zero attached hydrogens (tertiary/aromatic N) is 4. The van der Waals surface area contributed by atoms with Crippen LogP contribution in [-0.2, 0) is 17.9 Å². The number of hydrogen-bond donors (Lipinski definition) is 2. The summed E-state index contributed by atoms with van der Waals surface area (Å²) in [5.74, 6) is 0.173. The number of rotatable bonds is 10. The first-order valence-corrected chi connectivity index (χ1v) is 15.3. The molecule has 1 atom stereocenters. The standard InChI is InChI=1S/C35H32N6O2S/c1-24(26-12-6-3-7-13-26)41(20-25-10-4-2-5-11-25)33(42)22-40(21-32-37-29-14-8-9-15-30(29)38-32)34(43)28-18-16-27(17-19-28)31-23-44-35(36)39-31/h2-19,23-24H,20-22H2,1H3,(H2,36,39)(H,37,38)/t24-/m0/s1. The zero-order chi connectivity index (χ0) is 30.5. The molecule has 4 aromatic carbocycles. The number of carbonyl (C=O) groups is 2. The van der Waals surface area contributed by atoms with E-state index in [4.69, 9.17) is 10.7 Å². The molecule has 0 aliphatic rings. The van der Waals surface area contributed by atoms with E-state index >= 15 is 0 Å². The van der Waals surface area contributed by atoms with Crippen molar-refractivity contribution in [3.63, 3.8) is 0 Å². The van der Waals surface area contributed by atoms with Gasteiger partial charge in [-0.2, -0.15) is 0 Å². The average Bonchev–Trinajstić information content (AvgIpc) is 3.69. The molecule has 44 heavy (non-hydrogen) atoms. The van der Waals surface area contributed by atoms with Gasteiger partial charge in [-0.25, -0.2) is 9.97 Å². The molecule has 220 valence electrons. The Morgan fingerprint density at radius 1 is 0.841 bits per heavy atom. The minimum atomic E-state index is -0.268. The number of nitrogen functional groups attached to an aromatic ring is 1. The van der Waals surface area contributed by atoms with E-state index in [-0.39, 0.29) is 30.9 Å². The summed E-state index contributed by atoms with van der Waals surface area (Å²) >= 11 is 1.37. The quantitative estimate of drug-likeness (QED) is 0.182. The van der Waals surface area contributed by atoms with Gasteiger partial charge in [-0.1, -0.05) is 84.9 Å². The lowest BCUT2D eigenvalue weighted by atomic mass is 10.1. The molecule has 0 bridgehead atoms. The van der Waals surface area contributed by atoms with Crippen molar-refractivity contribution in [2.24, 2.45) is 0 Å². The van der Waals surface area contributed by atoms with Crippen LogP contribution in [0, 0.1) is 0 Å². The number of para-hydroxylation sites is 2. The van der Waals surface area contributed by atoms with Gasteiger partial charge in [-0.15, -0.1) is 11.3 Å². The number of benzene rings is 4. The second kappa shape index (κ2) is 12.9. The number of anilines is 1. The monoisotopic (exact) mass is 600 g/mol. The Morgan fingerprint density at radius 2 is 1.52 bits per heavy atom. The molecular formula is C35H32N6O2S. The lowest BCUT2D eigenvalue weighted by molar-refractivity contribution is -0.135. The second-order valence-corrected chi connectivity index (χ2v) is 11.5. The van der Waals surface area contributed by atoms with E-state index < -0.39 is 0 Å². The third kappa shape index (κ3) is 6.53. The third-order valence-electron chi connectivity index (χ3n) is 7.61. The lowest BCUT2D eigenvalue weighted by Gasteiger charge is -2.32. The van der Waals surface area contributed by atoms with E-state index in [0.717, 1.165) is 33.4 Å². The van der Waals surface area contributed by atoms with Gasteiger partial charge in [0, 0.05) is 23.1 Å². The van der Waals surface area contributed by atoms with Gasteiger partial charge in [0.15, 0.2) is 5.13 Å². The predicted octanol–water partition coefficient (Wildman–Crippen LogP) is 6.70. The molecule has 0 spiro atoms. The zero-order valence-electron chi connectivity index (χ0n) is 24.3. The summed E-state index contributed by atoms with van der Waals surface area (Å²) in [7, 11) is 0. The van der Waals surface area contributed by atoms with Gasteiger partial charge in [0.2, 0.25) is 5.91 Å². The van der Waals surface area contributed by atoms with Gasteiger partial charge in [-0.05, 0) is 42.3 Å². The summed E-state index contributed by atoms with van der Waals surface area (Å²) in [5, 5.41) is 2.37. The largest absolute Gasteiger partial charge is 0.375 e. The van der Waals surface area contributed by atoms with Crippen LogP contribution in [0.4, 0.5) is 5.13 Å². The summed E-state index contributed by atoms with van der Waals surface area (Å²) in [6.45, 7) is 2.45. The van der Waals surface area contributed by atoms with E-state index in [1.165, 1.54) is 11.3 Å². The van der Waals surface area contributed by atoms with Crippen molar-refractivity contribution in [1.29, 1.82) is 0 Å². The van der Waals surface area contributed by atoms with Crippen molar-refractivity contribution in [2.45, 2.75) is 26.1 Å². The summed E-state index contributed by atoms with van der Waals surface area (Å²) in [4.78, 5) is 44.0. The molecule has 2 heterocycles. The Hall–Kier alpha value is -5.28. The first kappa shape index (κ1) is 28.8. The van der Waals surface area contributed by atoms with Crippen LogP contribution >= 0.6 is 11.3 Å². The highest BCUT2D eigenvalue weighted by atomic mass is 32.1. The van der Waals surface area contributed by atoms with Crippen LogP contribution in [0.3, 0.4) is 0 Å². The maximum atomic E-state index is 14.2. The topological polar surface area (TPSA) is 108 Å². The number of nitrogens with two attached hydrogens (primary N) is 1. The van der Waals surface area contributed by atoms with Crippen molar-refractivity contribution < 1.29 is 9.59 Å². The number of nitrogens with one attached hydrogen (secondary N) is 1. The second-order valence-electron chi connectivity index (χ2n) is 10.6. The molecule has 0 aliphatic heterocycles. The van der Waals surface area contributed by atoms with Gasteiger partial charge in [0.05, 0.1) is 29.3 Å². The van der Waals surface area contributed by atoms with Crippen LogP contribution < -0.4 is 5.73 Å². The van der Waals surface area contributed by atoms with E-state index in [9.17, 15) is 9.59 Å². The van der Waals surface area contributed by atoms with Crippen molar-refractivity contribution in [3.05, 3.63) is 137 Å². The van der Waals surface area contributed by atoms with E-state index in [2.05, 4.69) is 9.97 Å². The first-order valence-electron chi connectivity index (χ1n) is 14.4. The summed E-state index contributed by atoms with van der Waals surface area (Å²) in [6.07, 6.45) is 0. The van der Waals surface area contributed by atoms with E-state index in [1.54, 1.807) is 17.0 Å². The van der Waals surface area contributed by atoms with Crippen molar-refractivity contribution in [2.75, 3.05) is 12.3 Å². The van der Waals surface area contributed by atoms with E-state index in [0.29, 0.717) is 23.1 Å². The van der Waals surface area contributed by atoms with Crippen molar-refractivity contribution >= 4 is 39.3 Å². The Balaban J connectivity index is 1.31. The molecule has 0 unspecified atom stereocenters. The van der Waals surface area contributed by atoms with Crippen LogP contribution in [0.15, 0.2) is 115 Å². The molecule has 2 amide bonds. The third-order valence-corrected chi connectivity index (χ3v) is 8.28. The molecule has 6 aromatic rings. The van der Waals surface area contributed by atoms with Crippen molar-refractivity contribution in [3.8, 4) is 11.3 Å². The fourth-order valence-electron chi connectivity index (χ4n) is 5.23. The Kier molecular flexibility index (Phi) is 8.47. The van der Waals surface area contributed by atoms with Crippen LogP contribution in [0.25, 0.3) is 22.3 Å². The minimum absolute atomic E-state index is 0.121. The number of amides is 2. The SMILES string of the molecule is C[C@@H](c1ccccc1)N(Cc1ccccc1)C(=O)CN(Cc1nc2ccccc2[nH]1)C(=O)c1ccc(-c2csc(N)n2)cc1. The maximum absolute atomic E-state index is 14.2. The fourth-order valence-corrected chi connectivity index (χ4v) is 5.81. The lowest BCUT2D eigenvalue weighted by Crippen LogP contribution is -2.43. The van der Waals surface area contributed by atoms with Gasteiger partial charge >= 0.3 is 0 Å². The highest BCUT2D eigenvalue weighted by Crippen LogP contribution is 2.26. The normalized spacial score (nSPS) is 11.8. The highest BCUT2D eigenvalue weighted by molar-refractivity contribution is 7.13. The molecule has 0 saturated carbocycles. The van der Waals surface area contributed by atoms with Crippen LogP contribution in [-0.4, -0.2) is 43.1 Å². The molecule has 0 aliphatic carbocycles. The molecule has 0 radical (unpaired) electrons. The number of thiazole rings is 1. The first-order chi connectivity index (χ1) is 21.4. The summed E-state index contributed by atoms with van der Waals surface area (Å²) in [6, 6.07) is 34.6. The number of hydrogen-bond acceptors (Lipinski definition) is 6. The Bertz CT molecular complexity index is 1840. The predicted molar refractivity (Wildman–Crippen MR) is 175 cm³/mol. The zero-order valence-corrected chi connectivity index (χ0v) is 25.1. The Labute approximate surface area is 259 Å². The van der Waals surface area contributed by atoms with Crippen molar-refractivity contribution in [1.82, 2.24) is 24.8 Å². The molecular weight excluding hydrogens is 568 g/mol. The van der Waals surface area contributed by atoms with Gasteiger partial charge < -0.3 is 20.5 Å². The summed E-state index contributed by atoms with van der Waals surface area (Å²) in [5.41, 5.74) is 11.6.